The number of aromatic hydroxyl groups is 2. The zero-order valence-electron chi connectivity index (χ0n) is 16.9. The van der Waals surface area contributed by atoms with Gasteiger partial charge in [0.2, 0.25) is 11.8 Å². The van der Waals surface area contributed by atoms with E-state index in [0.717, 1.165) is 21.3 Å². The summed E-state index contributed by atoms with van der Waals surface area (Å²) in [5.41, 5.74) is -0.865. The van der Waals surface area contributed by atoms with E-state index in [1.807, 2.05) is 0 Å². The van der Waals surface area contributed by atoms with Crippen LogP contribution in [0.2, 0.25) is 0 Å². The van der Waals surface area contributed by atoms with E-state index in [1.54, 1.807) is 60.7 Å². The summed E-state index contributed by atoms with van der Waals surface area (Å²) in [7, 11) is 0. The van der Waals surface area contributed by atoms with Gasteiger partial charge in [-0.2, -0.15) is 0 Å². The van der Waals surface area contributed by atoms with Crippen LogP contribution in [0.5, 0.6) is 11.8 Å². The summed E-state index contributed by atoms with van der Waals surface area (Å²) in [6.07, 6.45) is 2.09. The van der Waals surface area contributed by atoms with Crippen molar-refractivity contribution in [2.24, 2.45) is 0 Å². The molecular formula is C23H16N4O6. The lowest BCUT2D eigenvalue weighted by molar-refractivity contribution is 0.429. The van der Waals surface area contributed by atoms with Gasteiger partial charge in [0.25, 0.3) is 11.1 Å². The highest BCUT2D eigenvalue weighted by molar-refractivity contribution is 5.62. The summed E-state index contributed by atoms with van der Waals surface area (Å²) in [6.45, 7) is 0. The van der Waals surface area contributed by atoms with Gasteiger partial charge in [0.05, 0.1) is 11.4 Å². The summed E-state index contributed by atoms with van der Waals surface area (Å²) in [6, 6.07) is 16.3. The van der Waals surface area contributed by atoms with Crippen LogP contribution in [0.15, 0.2) is 85.6 Å². The zero-order valence-corrected chi connectivity index (χ0v) is 16.9. The Bertz CT molecular complexity index is 1520. The smallest absolute Gasteiger partial charge is 0.335 e. The first-order chi connectivity index (χ1) is 15.9. The number of hydrogen-bond acceptors (Lipinski definition) is 6. The van der Waals surface area contributed by atoms with Crippen molar-refractivity contribution in [3.63, 3.8) is 0 Å². The number of rotatable bonds is 4. The van der Waals surface area contributed by atoms with Gasteiger partial charge in [-0.3, -0.25) is 19.6 Å². The third-order valence-corrected chi connectivity index (χ3v) is 4.73. The third-order valence-electron chi connectivity index (χ3n) is 4.73. The van der Waals surface area contributed by atoms with Crippen molar-refractivity contribution in [1.82, 2.24) is 19.1 Å². The van der Waals surface area contributed by atoms with Crippen LogP contribution >= 0.6 is 0 Å². The Morgan fingerprint density at radius 1 is 0.636 bits per heavy atom. The molecule has 0 atom stereocenters. The Hall–Kier alpha value is -5.08. The number of hydrogen-bond donors (Lipinski definition) is 4. The lowest BCUT2D eigenvalue weighted by Gasteiger charge is -2.09. The number of para-hydroxylation sites is 2. The molecule has 0 aliphatic rings. The second-order valence-electron chi connectivity index (χ2n) is 6.79. The molecular weight excluding hydrogens is 428 g/mol. The first-order valence-corrected chi connectivity index (χ1v) is 9.58. The Morgan fingerprint density at radius 3 is 1.36 bits per heavy atom. The average Bonchev–Trinajstić information content (AvgIpc) is 2.79. The normalized spacial score (nSPS) is 10.4. The van der Waals surface area contributed by atoms with Crippen LogP contribution in [0.4, 0.5) is 0 Å². The van der Waals surface area contributed by atoms with Gasteiger partial charge in [-0.05, 0) is 36.4 Å². The number of aromatic nitrogens is 4. The summed E-state index contributed by atoms with van der Waals surface area (Å²) < 4.78 is 1.80. The quantitative estimate of drug-likeness (QED) is 0.346. The number of aromatic amines is 2. The molecule has 4 rings (SSSR count). The maximum Gasteiger partial charge on any atom is 0.335 e. The summed E-state index contributed by atoms with van der Waals surface area (Å²) in [4.78, 5) is 53.0. The van der Waals surface area contributed by atoms with Gasteiger partial charge in [-0.1, -0.05) is 36.4 Å². The molecule has 4 N–H and O–H groups in total. The molecule has 0 fully saturated rings. The van der Waals surface area contributed by atoms with Gasteiger partial charge >= 0.3 is 11.4 Å². The van der Waals surface area contributed by atoms with E-state index < -0.39 is 34.3 Å². The fraction of sp³-hybridized carbons (Fsp3) is 0. The van der Waals surface area contributed by atoms with Gasteiger partial charge in [0, 0.05) is 0 Å². The molecule has 33 heavy (non-hydrogen) atoms. The van der Waals surface area contributed by atoms with Gasteiger partial charge in [-0.25, -0.2) is 18.7 Å². The second kappa shape index (κ2) is 8.58. The lowest BCUT2D eigenvalue weighted by atomic mass is 10.2. The van der Waals surface area contributed by atoms with Crippen LogP contribution < -0.4 is 22.5 Å². The lowest BCUT2D eigenvalue weighted by Crippen LogP contribution is -2.30. The first kappa shape index (κ1) is 21.2. The van der Waals surface area contributed by atoms with Crippen molar-refractivity contribution in [3.8, 4) is 23.1 Å². The maximum absolute atomic E-state index is 12.2. The maximum atomic E-state index is 12.2. The molecule has 10 heteroatoms. The molecule has 2 aromatic heterocycles. The van der Waals surface area contributed by atoms with Crippen molar-refractivity contribution in [3.05, 3.63) is 119 Å². The van der Waals surface area contributed by atoms with Crippen LogP contribution in [0.1, 0.15) is 11.1 Å². The second-order valence-corrected chi connectivity index (χ2v) is 6.79. The summed E-state index contributed by atoms with van der Waals surface area (Å²) in [5, 5.41) is 21.1. The topological polar surface area (TPSA) is 150 Å². The molecule has 0 radical (unpaired) electrons. The highest BCUT2D eigenvalue weighted by atomic mass is 16.3. The molecule has 2 aromatic carbocycles. The molecule has 164 valence electrons. The van der Waals surface area contributed by atoms with Gasteiger partial charge in [0.1, 0.15) is 11.1 Å². The van der Waals surface area contributed by atoms with Crippen molar-refractivity contribution in [2.75, 3.05) is 0 Å². The Kier molecular flexibility index (Phi) is 5.50. The Labute approximate surface area is 184 Å². The molecule has 0 bridgehead atoms. The highest BCUT2D eigenvalue weighted by Gasteiger charge is 2.15. The fourth-order valence-corrected chi connectivity index (χ4v) is 3.18. The van der Waals surface area contributed by atoms with E-state index in [2.05, 4.69) is 15.7 Å². The summed E-state index contributed by atoms with van der Waals surface area (Å²) in [5.74, 6) is -1.27. The molecule has 0 spiro atoms. The first-order valence-electron chi connectivity index (χ1n) is 9.58. The average molecular weight is 444 g/mol. The SMILES string of the molecule is O=c1[nH]c(=O)n(-c2ccccc2)c(O)c1C=C=Cc1c(O)n(-c2ccccc2)c(=O)[nH]c1=O. The summed E-state index contributed by atoms with van der Waals surface area (Å²) >= 11 is 0. The predicted octanol–water partition coefficient (Wildman–Crippen LogP) is 1.10. The van der Waals surface area contributed by atoms with Crippen LogP contribution in [-0.2, 0) is 0 Å². The van der Waals surface area contributed by atoms with Crippen molar-refractivity contribution in [1.29, 1.82) is 0 Å². The number of H-pyrrole nitrogens is 2. The number of nitrogens with one attached hydrogen (secondary N) is 2. The van der Waals surface area contributed by atoms with Gasteiger partial charge < -0.3 is 10.2 Å². The van der Waals surface area contributed by atoms with Crippen molar-refractivity contribution >= 4 is 12.2 Å². The molecule has 0 amide bonds. The standard InChI is InChI=1S/C23H16N4O6/c28-18-16(20(30)26(22(32)24-18)14-8-3-1-4-9-14)12-7-13-17-19(29)25-23(33)27(21(17)31)15-10-5-2-6-11-15/h1-6,8-13,30-31H,(H,24,28,32)(H,25,29,33). The molecule has 0 aliphatic carbocycles. The van der Waals surface area contributed by atoms with Crippen LogP contribution in [0.25, 0.3) is 23.5 Å². The van der Waals surface area contributed by atoms with E-state index >= 15 is 0 Å². The minimum Gasteiger partial charge on any atom is -0.494 e. The van der Waals surface area contributed by atoms with Crippen LogP contribution in [0.3, 0.4) is 0 Å². The fourth-order valence-electron chi connectivity index (χ4n) is 3.18. The Balaban J connectivity index is 1.85. The molecule has 10 nitrogen and oxygen atoms in total. The van der Waals surface area contributed by atoms with Crippen LogP contribution in [0, 0.1) is 0 Å². The van der Waals surface area contributed by atoms with E-state index in [4.69, 9.17) is 0 Å². The molecule has 2 heterocycles. The molecule has 0 aliphatic heterocycles. The number of benzene rings is 2. The van der Waals surface area contributed by atoms with Crippen molar-refractivity contribution < 1.29 is 10.2 Å². The van der Waals surface area contributed by atoms with Gasteiger partial charge in [-0.15, -0.1) is 5.73 Å². The van der Waals surface area contributed by atoms with Gasteiger partial charge in [0.15, 0.2) is 0 Å². The van der Waals surface area contributed by atoms with E-state index in [0.29, 0.717) is 11.4 Å². The Morgan fingerprint density at radius 2 is 1.00 bits per heavy atom. The molecule has 0 unspecified atom stereocenters. The minimum atomic E-state index is -0.877. The monoisotopic (exact) mass is 444 g/mol. The number of nitrogens with zero attached hydrogens (tertiary/aromatic N) is 2. The van der Waals surface area contributed by atoms with E-state index in [-0.39, 0.29) is 11.1 Å². The highest BCUT2D eigenvalue weighted by Crippen LogP contribution is 2.19. The molecule has 0 saturated carbocycles. The molecule has 4 aromatic rings. The van der Waals surface area contributed by atoms with Crippen LogP contribution in [-0.4, -0.2) is 29.3 Å². The predicted molar refractivity (Wildman–Crippen MR) is 121 cm³/mol. The zero-order chi connectivity index (χ0) is 23.5. The largest absolute Gasteiger partial charge is 0.494 e. The van der Waals surface area contributed by atoms with Crippen molar-refractivity contribution in [2.45, 2.75) is 0 Å². The minimum absolute atomic E-state index is 0.304. The molecule has 0 saturated heterocycles. The van der Waals surface area contributed by atoms with E-state index in [9.17, 15) is 29.4 Å². The van der Waals surface area contributed by atoms with E-state index in [1.165, 1.54) is 0 Å². The third kappa shape index (κ3) is 3.97.